The minimum absolute atomic E-state index is 0.484. The van der Waals surface area contributed by atoms with E-state index in [-0.39, 0.29) is 0 Å². The molecule has 30 heavy (non-hydrogen) atoms. The molecule has 0 amide bonds. The molecule has 0 spiro atoms. The first-order valence-electron chi connectivity index (χ1n) is 9.82. The summed E-state index contributed by atoms with van der Waals surface area (Å²) < 4.78 is 17.2. The van der Waals surface area contributed by atoms with Gasteiger partial charge in [0.15, 0.2) is 0 Å². The first-order valence-corrected chi connectivity index (χ1v) is 9.82. The van der Waals surface area contributed by atoms with E-state index >= 15 is 0 Å². The zero-order valence-corrected chi connectivity index (χ0v) is 18.1. The van der Waals surface area contributed by atoms with Crippen LogP contribution in [0.15, 0.2) is 83.6 Å². The first-order chi connectivity index (χ1) is 14.4. The van der Waals surface area contributed by atoms with Gasteiger partial charge in [0.1, 0.15) is 17.2 Å². The van der Waals surface area contributed by atoms with Crippen molar-refractivity contribution in [3.8, 4) is 17.2 Å². The molecule has 0 fully saturated rings. The summed E-state index contributed by atoms with van der Waals surface area (Å²) in [6, 6.07) is 21.5. The lowest BCUT2D eigenvalue weighted by Crippen LogP contribution is -2.11. The van der Waals surface area contributed by atoms with Gasteiger partial charge in [-0.15, -0.1) is 0 Å². The molecule has 3 rings (SSSR count). The van der Waals surface area contributed by atoms with E-state index in [1.54, 1.807) is 13.4 Å². The number of ether oxygens (including phenoxy) is 3. The van der Waals surface area contributed by atoms with Gasteiger partial charge in [0.2, 0.25) is 5.90 Å². The number of aryl methyl sites for hydroxylation is 3. The van der Waals surface area contributed by atoms with Crippen LogP contribution in [0, 0.1) is 20.8 Å². The normalized spacial score (nSPS) is 11.9. The van der Waals surface area contributed by atoms with Gasteiger partial charge in [-0.25, -0.2) is 4.99 Å². The van der Waals surface area contributed by atoms with Crippen molar-refractivity contribution >= 4 is 11.6 Å². The highest BCUT2D eigenvalue weighted by Crippen LogP contribution is 2.22. The Balaban J connectivity index is 1.89. The second-order valence-electron chi connectivity index (χ2n) is 7.27. The highest BCUT2D eigenvalue weighted by atomic mass is 16.5. The van der Waals surface area contributed by atoms with Crippen molar-refractivity contribution in [3.63, 3.8) is 0 Å². The summed E-state index contributed by atoms with van der Waals surface area (Å²) in [5.74, 6) is 2.71. The summed E-state index contributed by atoms with van der Waals surface area (Å²) in [5, 5.41) is 0. The number of aliphatic imine (C=N–C) groups is 1. The second kappa shape index (κ2) is 9.79. The quantitative estimate of drug-likeness (QED) is 0.262. The van der Waals surface area contributed by atoms with Gasteiger partial charge in [0, 0.05) is 5.57 Å². The Kier molecular flexibility index (Phi) is 6.91. The van der Waals surface area contributed by atoms with E-state index in [1.807, 2.05) is 88.4 Å². The molecule has 154 valence electrons. The lowest BCUT2D eigenvalue weighted by atomic mass is 10.1. The zero-order chi connectivity index (χ0) is 21.5. The molecule has 0 bridgehead atoms. The van der Waals surface area contributed by atoms with Crippen molar-refractivity contribution in [2.24, 2.45) is 4.99 Å². The van der Waals surface area contributed by atoms with E-state index in [4.69, 9.17) is 19.2 Å². The van der Waals surface area contributed by atoms with Crippen molar-refractivity contribution in [2.75, 3.05) is 7.11 Å². The predicted molar refractivity (Wildman–Crippen MR) is 122 cm³/mol. The van der Waals surface area contributed by atoms with E-state index in [0.29, 0.717) is 11.6 Å². The molecule has 0 atom stereocenters. The van der Waals surface area contributed by atoms with E-state index in [1.165, 1.54) is 5.56 Å². The van der Waals surface area contributed by atoms with Gasteiger partial charge in [-0.1, -0.05) is 23.8 Å². The predicted octanol–water partition coefficient (Wildman–Crippen LogP) is 6.71. The topological polar surface area (TPSA) is 40.0 Å². The molecule has 0 N–H and O–H groups in total. The number of rotatable bonds is 6. The van der Waals surface area contributed by atoms with Gasteiger partial charge >= 0.3 is 0 Å². The molecule has 0 aliphatic rings. The minimum atomic E-state index is 0.484. The van der Waals surface area contributed by atoms with Crippen LogP contribution < -0.4 is 14.2 Å². The molecular formula is C26H27NO3. The molecule has 3 aromatic rings. The van der Waals surface area contributed by atoms with Crippen molar-refractivity contribution in [1.29, 1.82) is 0 Å². The third kappa shape index (κ3) is 5.98. The fourth-order valence-corrected chi connectivity index (χ4v) is 2.89. The van der Waals surface area contributed by atoms with Gasteiger partial charge in [0.05, 0.1) is 19.1 Å². The van der Waals surface area contributed by atoms with Crippen molar-refractivity contribution < 1.29 is 14.2 Å². The molecule has 0 radical (unpaired) electrons. The molecule has 0 aliphatic heterocycles. The van der Waals surface area contributed by atoms with Crippen LogP contribution >= 0.6 is 0 Å². The molecule has 4 heteroatoms. The number of nitrogens with zero attached hydrogens (tertiary/aromatic N) is 1. The SMILES string of the molecule is COc1ccc(OC=C(C)C(=Nc2ccc(C)cc2)Oc2cc(C)cc(C)c2)cc1. The standard InChI is InChI=1S/C26H27NO3/c1-18-6-8-22(9-7-18)27-26(30-25-15-19(2)14-20(3)16-25)21(4)17-29-24-12-10-23(28-5)11-13-24/h6-17H,1-5H3. The number of hydrogen-bond acceptors (Lipinski definition) is 4. The molecule has 3 aromatic carbocycles. The molecule has 0 saturated carbocycles. The Morgan fingerprint density at radius 1 is 0.733 bits per heavy atom. The van der Waals surface area contributed by atoms with E-state index in [0.717, 1.165) is 33.9 Å². The van der Waals surface area contributed by atoms with E-state index < -0.39 is 0 Å². The van der Waals surface area contributed by atoms with Gasteiger partial charge in [-0.05, 0) is 87.4 Å². The fraction of sp³-hybridized carbons (Fsp3) is 0.192. The maximum absolute atomic E-state index is 6.18. The third-order valence-corrected chi connectivity index (χ3v) is 4.44. The Morgan fingerprint density at radius 3 is 1.93 bits per heavy atom. The van der Waals surface area contributed by atoms with Gasteiger partial charge < -0.3 is 14.2 Å². The summed E-state index contributed by atoms with van der Waals surface area (Å²) in [6.07, 6.45) is 1.65. The summed E-state index contributed by atoms with van der Waals surface area (Å²) in [6.45, 7) is 8.06. The van der Waals surface area contributed by atoms with Crippen LogP contribution in [0.25, 0.3) is 0 Å². The van der Waals surface area contributed by atoms with Crippen LogP contribution in [-0.4, -0.2) is 13.0 Å². The highest BCUT2D eigenvalue weighted by molar-refractivity contribution is 5.96. The van der Waals surface area contributed by atoms with Crippen LogP contribution in [0.1, 0.15) is 23.6 Å². The lowest BCUT2D eigenvalue weighted by Gasteiger charge is -2.12. The Hall–Kier alpha value is -3.53. The molecule has 0 saturated heterocycles. The second-order valence-corrected chi connectivity index (χ2v) is 7.27. The number of benzene rings is 3. The van der Waals surface area contributed by atoms with Crippen LogP contribution in [0.2, 0.25) is 0 Å². The first kappa shape index (κ1) is 21.2. The molecule has 0 heterocycles. The summed E-state index contributed by atoms with van der Waals surface area (Å²) in [4.78, 5) is 4.72. The Bertz CT molecular complexity index is 1030. The Labute approximate surface area is 178 Å². The van der Waals surface area contributed by atoms with Crippen LogP contribution in [0.5, 0.6) is 17.2 Å². The third-order valence-electron chi connectivity index (χ3n) is 4.44. The Morgan fingerprint density at radius 2 is 1.33 bits per heavy atom. The van der Waals surface area contributed by atoms with E-state index in [2.05, 4.69) is 6.07 Å². The van der Waals surface area contributed by atoms with E-state index in [9.17, 15) is 0 Å². The van der Waals surface area contributed by atoms with Crippen LogP contribution in [0.4, 0.5) is 5.69 Å². The van der Waals surface area contributed by atoms with Gasteiger partial charge in [-0.3, -0.25) is 0 Å². The number of hydrogen-bond donors (Lipinski definition) is 0. The average Bonchev–Trinajstić information content (AvgIpc) is 2.72. The lowest BCUT2D eigenvalue weighted by molar-refractivity contribution is 0.412. The minimum Gasteiger partial charge on any atom is -0.497 e. The maximum Gasteiger partial charge on any atom is 0.225 e. The zero-order valence-electron chi connectivity index (χ0n) is 18.1. The number of methoxy groups -OCH3 is 1. The fourth-order valence-electron chi connectivity index (χ4n) is 2.89. The maximum atomic E-state index is 6.18. The van der Waals surface area contributed by atoms with Crippen molar-refractivity contribution in [1.82, 2.24) is 0 Å². The van der Waals surface area contributed by atoms with Crippen LogP contribution in [0.3, 0.4) is 0 Å². The van der Waals surface area contributed by atoms with Gasteiger partial charge in [0.25, 0.3) is 0 Å². The van der Waals surface area contributed by atoms with Crippen molar-refractivity contribution in [2.45, 2.75) is 27.7 Å². The highest BCUT2D eigenvalue weighted by Gasteiger charge is 2.09. The monoisotopic (exact) mass is 401 g/mol. The molecular weight excluding hydrogens is 374 g/mol. The summed E-state index contributed by atoms with van der Waals surface area (Å²) >= 11 is 0. The summed E-state index contributed by atoms with van der Waals surface area (Å²) in [7, 11) is 1.64. The average molecular weight is 402 g/mol. The largest absolute Gasteiger partial charge is 0.497 e. The summed E-state index contributed by atoms with van der Waals surface area (Å²) in [5.41, 5.74) is 5.04. The molecule has 0 unspecified atom stereocenters. The molecule has 0 aliphatic carbocycles. The van der Waals surface area contributed by atoms with Crippen molar-refractivity contribution in [3.05, 3.63) is 95.3 Å². The van der Waals surface area contributed by atoms with Gasteiger partial charge in [-0.2, -0.15) is 0 Å². The molecule has 0 aromatic heterocycles. The van der Waals surface area contributed by atoms with Crippen LogP contribution in [-0.2, 0) is 0 Å². The molecule has 4 nitrogen and oxygen atoms in total. The smallest absolute Gasteiger partial charge is 0.225 e.